The van der Waals surface area contributed by atoms with Crippen molar-refractivity contribution in [3.63, 3.8) is 0 Å². The monoisotopic (exact) mass is 239 g/mol. The molecule has 0 saturated carbocycles. The molecule has 88 valence electrons. The molecule has 1 atom stereocenters. The van der Waals surface area contributed by atoms with E-state index in [1.165, 1.54) is 31.4 Å². The fourth-order valence-corrected chi connectivity index (χ4v) is 2.45. The van der Waals surface area contributed by atoms with E-state index in [1.54, 1.807) is 6.07 Å². The molecule has 3 heteroatoms. The van der Waals surface area contributed by atoms with E-state index >= 15 is 0 Å². The summed E-state index contributed by atoms with van der Waals surface area (Å²) in [6, 6.07) is 5.50. The number of phenolic OH excluding ortho intramolecular Hbond substituents is 1. The number of hydrogen-bond acceptors (Lipinski definition) is 2. The maximum atomic E-state index is 9.32. The third-order valence-electron chi connectivity index (χ3n) is 3.25. The van der Waals surface area contributed by atoms with Gasteiger partial charge in [0.15, 0.2) is 0 Å². The van der Waals surface area contributed by atoms with Crippen molar-refractivity contribution >= 4 is 11.6 Å². The van der Waals surface area contributed by atoms with E-state index in [0.29, 0.717) is 5.02 Å². The minimum atomic E-state index is 0.171. The molecular formula is C13H18ClNO. The first-order chi connectivity index (χ1) is 7.75. The van der Waals surface area contributed by atoms with Crippen molar-refractivity contribution in [3.8, 4) is 5.75 Å². The minimum absolute atomic E-state index is 0.171. The van der Waals surface area contributed by atoms with Crippen molar-refractivity contribution in [2.45, 2.75) is 25.7 Å². The van der Waals surface area contributed by atoms with Gasteiger partial charge in [-0.25, -0.2) is 0 Å². The largest absolute Gasteiger partial charge is 0.506 e. The molecule has 0 aromatic heterocycles. The standard InChI is InChI=1S/C13H18ClNO/c14-12-8-10(5-6-13(12)16)3-4-11-2-1-7-15-9-11/h5-6,8,11,15-16H,1-4,7,9H2. The number of phenols is 1. The normalized spacial score (nSPS) is 20.9. The highest BCUT2D eigenvalue weighted by atomic mass is 35.5. The highest BCUT2D eigenvalue weighted by molar-refractivity contribution is 6.32. The molecule has 2 nitrogen and oxygen atoms in total. The molecule has 1 heterocycles. The number of rotatable bonds is 3. The minimum Gasteiger partial charge on any atom is -0.506 e. The Labute approximate surface area is 102 Å². The zero-order valence-corrected chi connectivity index (χ0v) is 10.1. The Morgan fingerprint density at radius 2 is 2.31 bits per heavy atom. The van der Waals surface area contributed by atoms with Gasteiger partial charge in [0.05, 0.1) is 5.02 Å². The summed E-state index contributed by atoms with van der Waals surface area (Å²) in [6.45, 7) is 2.31. The summed E-state index contributed by atoms with van der Waals surface area (Å²) < 4.78 is 0. The zero-order chi connectivity index (χ0) is 11.4. The van der Waals surface area contributed by atoms with Crippen LogP contribution in [0.15, 0.2) is 18.2 Å². The second kappa shape index (κ2) is 5.55. The molecular weight excluding hydrogens is 222 g/mol. The number of hydrogen-bond donors (Lipinski definition) is 2. The lowest BCUT2D eigenvalue weighted by molar-refractivity contribution is 0.358. The van der Waals surface area contributed by atoms with Crippen LogP contribution in [0.2, 0.25) is 5.02 Å². The van der Waals surface area contributed by atoms with E-state index in [1.807, 2.05) is 12.1 Å². The van der Waals surface area contributed by atoms with Gasteiger partial charge in [0, 0.05) is 0 Å². The molecule has 1 aliphatic rings. The van der Waals surface area contributed by atoms with Crippen molar-refractivity contribution in [2.24, 2.45) is 5.92 Å². The highest BCUT2D eigenvalue weighted by Crippen LogP contribution is 2.25. The summed E-state index contributed by atoms with van der Waals surface area (Å²) in [5, 5.41) is 13.2. The number of piperidine rings is 1. The Morgan fingerprint density at radius 3 is 3.00 bits per heavy atom. The summed E-state index contributed by atoms with van der Waals surface area (Å²) in [5.74, 6) is 0.964. The Bertz CT molecular complexity index is 348. The molecule has 0 aliphatic carbocycles. The molecule has 1 aromatic rings. The molecule has 1 aromatic carbocycles. The first-order valence-electron chi connectivity index (χ1n) is 5.94. The maximum absolute atomic E-state index is 9.32. The molecule has 16 heavy (non-hydrogen) atoms. The quantitative estimate of drug-likeness (QED) is 0.850. The van der Waals surface area contributed by atoms with Crippen LogP contribution in [0.1, 0.15) is 24.8 Å². The van der Waals surface area contributed by atoms with E-state index in [2.05, 4.69) is 5.32 Å². The maximum Gasteiger partial charge on any atom is 0.134 e. The van der Waals surface area contributed by atoms with Gasteiger partial charge in [-0.15, -0.1) is 0 Å². The molecule has 2 rings (SSSR count). The van der Waals surface area contributed by atoms with Crippen molar-refractivity contribution in [1.29, 1.82) is 0 Å². The van der Waals surface area contributed by atoms with E-state index in [0.717, 1.165) is 18.9 Å². The van der Waals surface area contributed by atoms with Crippen LogP contribution in [0, 0.1) is 5.92 Å². The van der Waals surface area contributed by atoms with Crippen LogP contribution in [0.3, 0.4) is 0 Å². The number of halogens is 1. The molecule has 0 amide bonds. The van der Waals surface area contributed by atoms with Gasteiger partial charge in [0.2, 0.25) is 0 Å². The molecule has 1 unspecified atom stereocenters. The third kappa shape index (κ3) is 3.13. The molecule has 1 fully saturated rings. The van der Waals surface area contributed by atoms with Crippen LogP contribution in [0.5, 0.6) is 5.75 Å². The third-order valence-corrected chi connectivity index (χ3v) is 3.56. The van der Waals surface area contributed by atoms with Crippen LogP contribution in [0.25, 0.3) is 0 Å². The van der Waals surface area contributed by atoms with Crippen LogP contribution in [-0.4, -0.2) is 18.2 Å². The number of nitrogens with one attached hydrogen (secondary N) is 1. The number of benzene rings is 1. The average molecular weight is 240 g/mol. The van der Waals surface area contributed by atoms with Gasteiger partial charge in [0.1, 0.15) is 5.75 Å². The zero-order valence-electron chi connectivity index (χ0n) is 9.38. The van der Waals surface area contributed by atoms with Crippen molar-refractivity contribution < 1.29 is 5.11 Å². The van der Waals surface area contributed by atoms with Crippen LogP contribution < -0.4 is 5.32 Å². The van der Waals surface area contributed by atoms with Crippen molar-refractivity contribution in [1.82, 2.24) is 5.32 Å². The summed E-state index contributed by atoms with van der Waals surface area (Å²) in [6.07, 6.45) is 4.88. The Morgan fingerprint density at radius 1 is 1.44 bits per heavy atom. The van der Waals surface area contributed by atoms with Crippen molar-refractivity contribution in [3.05, 3.63) is 28.8 Å². The van der Waals surface area contributed by atoms with E-state index in [9.17, 15) is 5.11 Å². The Kier molecular flexibility index (Phi) is 4.08. The summed E-state index contributed by atoms with van der Waals surface area (Å²) in [7, 11) is 0. The first-order valence-corrected chi connectivity index (χ1v) is 6.31. The Balaban J connectivity index is 1.86. The van der Waals surface area contributed by atoms with E-state index < -0.39 is 0 Å². The molecule has 2 N–H and O–H groups in total. The van der Waals surface area contributed by atoms with Gasteiger partial charge in [-0.1, -0.05) is 17.7 Å². The second-order valence-corrected chi connectivity index (χ2v) is 4.94. The Hall–Kier alpha value is -0.730. The number of aromatic hydroxyl groups is 1. The first kappa shape index (κ1) is 11.7. The van der Waals surface area contributed by atoms with E-state index in [4.69, 9.17) is 11.6 Å². The lowest BCUT2D eigenvalue weighted by Crippen LogP contribution is -2.29. The molecule has 0 radical (unpaired) electrons. The SMILES string of the molecule is Oc1ccc(CCC2CCCNC2)cc1Cl. The second-order valence-electron chi connectivity index (χ2n) is 4.54. The predicted molar refractivity (Wildman–Crippen MR) is 67.0 cm³/mol. The molecule has 1 saturated heterocycles. The lowest BCUT2D eigenvalue weighted by atomic mass is 9.93. The lowest BCUT2D eigenvalue weighted by Gasteiger charge is -2.22. The van der Waals surface area contributed by atoms with Gasteiger partial charge in [-0.2, -0.15) is 0 Å². The van der Waals surface area contributed by atoms with E-state index in [-0.39, 0.29) is 5.75 Å². The fraction of sp³-hybridized carbons (Fsp3) is 0.538. The molecule has 0 bridgehead atoms. The van der Waals surface area contributed by atoms with Gasteiger partial charge < -0.3 is 10.4 Å². The summed E-state index contributed by atoms with van der Waals surface area (Å²) in [5.41, 5.74) is 1.22. The fourth-order valence-electron chi connectivity index (χ4n) is 2.25. The van der Waals surface area contributed by atoms with Gasteiger partial charge >= 0.3 is 0 Å². The molecule has 1 aliphatic heterocycles. The van der Waals surface area contributed by atoms with Gasteiger partial charge in [0.25, 0.3) is 0 Å². The van der Waals surface area contributed by atoms with Crippen LogP contribution in [-0.2, 0) is 6.42 Å². The predicted octanol–water partition coefficient (Wildman–Crippen LogP) is 2.98. The summed E-state index contributed by atoms with van der Waals surface area (Å²) in [4.78, 5) is 0. The van der Waals surface area contributed by atoms with Crippen molar-refractivity contribution in [2.75, 3.05) is 13.1 Å². The van der Waals surface area contributed by atoms with Gasteiger partial charge in [-0.05, 0) is 62.4 Å². The summed E-state index contributed by atoms with van der Waals surface area (Å²) >= 11 is 5.87. The average Bonchev–Trinajstić information content (AvgIpc) is 2.32. The smallest absolute Gasteiger partial charge is 0.134 e. The van der Waals surface area contributed by atoms with Crippen LogP contribution >= 0.6 is 11.6 Å². The topological polar surface area (TPSA) is 32.3 Å². The van der Waals surface area contributed by atoms with Gasteiger partial charge in [-0.3, -0.25) is 0 Å². The number of aryl methyl sites for hydroxylation is 1. The van der Waals surface area contributed by atoms with Crippen LogP contribution in [0.4, 0.5) is 0 Å². The highest BCUT2D eigenvalue weighted by Gasteiger charge is 2.12. The molecule has 0 spiro atoms.